The van der Waals surface area contributed by atoms with E-state index in [1.807, 2.05) is 26.0 Å². The molecule has 0 saturated carbocycles. The van der Waals surface area contributed by atoms with Gasteiger partial charge < -0.3 is 4.74 Å². The Morgan fingerprint density at radius 3 is 2.75 bits per heavy atom. The first-order valence-corrected chi connectivity index (χ1v) is 5.70. The maximum atomic E-state index is 8.87. The fourth-order valence-electron chi connectivity index (χ4n) is 1.34. The summed E-state index contributed by atoms with van der Waals surface area (Å²) in [4.78, 5) is 0. The summed E-state index contributed by atoms with van der Waals surface area (Å²) in [6, 6.07) is 10.4. The van der Waals surface area contributed by atoms with Crippen LogP contribution in [0, 0.1) is 16.7 Å². The van der Waals surface area contributed by atoms with E-state index < -0.39 is 0 Å². The Kier molecular flexibility index (Phi) is 4.37. The summed E-state index contributed by atoms with van der Waals surface area (Å²) in [6.07, 6.45) is 1.76. The van der Waals surface area contributed by atoms with Gasteiger partial charge in [-0.05, 0) is 44.4 Å². The van der Waals surface area contributed by atoms with Crippen molar-refractivity contribution in [2.24, 2.45) is 5.41 Å². The molecule has 0 atom stereocenters. The molecule has 0 unspecified atom stereocenters. The highest BCUT2D eigenvalue weighted by Crippen LogP contribution is 2.20. The van der Waals surface area contributed by atoms with Crippen LogP contribution in [0.5, 0.6) is 5.75 Å². The second-order valence-corrected chi connectivity index (χ2v) is 4.60. The van der Waals surface area contributed by atoms with E-state index >= 15 is 0 Å². The molecule has 0 N–H and O–H groups in total. The van der Waals surface area contributed by atoms with Crippen molar-refractivity contribution in [1.29, 1.82) is 5.26 Å². The molecule has 0 bridgehead atoms. The zero-order valence-electron chi connectivity index (χ0n) is 10.3. The molecule has 0 spiro atoms. The van der Waals surface area contributed by atoms with Crippen molar-refractivity contribution < 1.29 is 4.74 Å². The summed E-state index contributed by atoms with van der Waals surface area (Å²) in [6.45, 7) is 6.57. The van der Waals surface area contributed by atoms with Gasteiger partial charge in [0.2, 0.25) is 0 Å². The molecule has 0 heterocycles. The average Bonchev–Trinajstić information content (AvgIpc) is 2.29. The second-order valence-electron chi connectivity index (χ2n) is 4.60. The number of nitriles is 1. The van der Waals surface area contributed by atoms with Gasteiger partial charge in [-0.2, -0.15) is 5.26 Å². The first-order chi connectivity index (χ1) is 7.57. The van der Waals surface area contributed by atoms with E-state index in [0.29, 0.717) is 6.61 Å². The van der Waals surface area contributed by atoms with Crippen molar-refractivity contribution in [3.05, 3.63) is 29.8 Å². The molecule has 2 nitrogen and oxygen atoms in total. The normalized spacial score (nSPS) is 10.9. The lowest BCUT2D eigenvalue weighted by molar-refractivity contribution is 0.264. The number of benzene rings is 1. The van der Waals surface area contributed by atoms with E-state index in [0.717, 1.165) is 18.6 Å². The Balaban J connectivity index is 2.46. The third-order valence-corrected chi connectivity index (χ3v) is 2.61. The Bertz CT molecular complexity index is 377. The van der Waals surface area contributed by atoms with Gasteiger partial charge in [0.25, 0.3) is 0 Å². The van der Waals surface area contributed by atoms with Crippen LogP contribution in [0.1, 0.15) is 32.8 Å². The van der Waals surface area contributed by atoms with Gasteiger partial charge >= 0.3 is 0 Å². The van der Waals surface area contributed by atoms with Gasteiger partial charge in [0.15, 0.2) is 0 Å². The molecule has 86 valence electrons. The monoisotopic (exact) mass is 217 g/mol. The molecule has 1 aromatic carbocycles. The van der Waals surface area contributed by atoms with Crippen molar-refractivity contribution in [3.63, 3.8) is 0 Å². The SMILES string of the molecule is CCc1cccc(OCCC(C)(C)C#N)c1. The van der Waals surface area contributed by atoms with Crippen LogP contribution < -0.4 is 4.74 Å². The van der Waals surface area contributed by atoms with Crippen LogP contribution in [0.3, 0.4) is 0 Å². The van der Waals surface area contributed by atoms with Crippen molar-refractivity contribution in [1.82, 2.24) is 0 Å². The highest BCUT2D eigenvalue weighted by molar-refractivity contribution is 5.28. The van der Waals surface area contributed by atoms with E-state index in [2.05, 4.69) is 25.1 Å². The van der Waals surface area contributed by atoms with E-state index in [1.54, 1.807) is 0 Å². The molecule has 0 amide bonds. The number of hydrogen-bond donors (Lipinski definition) is 0. The van der Waals surface area contributed by atoms with E-state index in [4.69, 9.17) is 10.00 Å². The predicted molar refractivity (Wildman–Crippen MR) is 65.3 cm³/mol. The number of nitrogens with zero attached hydrogens (tertiary/aromatic N) is 1. The topological polar surface area (TPSA) is 33.0 Å². The Labute approximate surface area is 97.9 Å². The molecule has 1 aromatic rings. The minimum atomic E-state index is -0.303. The van der Waals surface area contributed by atoms with Gasteiger partial charge in [0.05, 0.1) is 18.1 Å². The van der Waals surface area contributed by atoms with Crippen molar-refractivity contribution in [2.45, 2.75) is 33.6 Å². The van der Waals surface area contributed by atoms with Gasteiger partial charge in [-0.25, -0.2) is 0 Å². The minimum absolute atomic E-state index is 0.303. The number of rotatable bonds is 5. The molecule has 16 heavy (non-hydrogen) atoms. The molecule has 0 saturated heterocycles. The summed E-state index contributed by atoms with van der Waals surface area (Å²) >= 11 is 0. The van der Waals surface area contributed by atoms with Gasteiger partial charge in [0, 0.05) is 0 Å². The standard InChI is InChI=1S/C14H19NO/c1-4-12-6-5-7-13(10-12)16-9-8-14(2,3)11-15/h5-7,10H,4,8-9H2,1-3H3. The smallest absolute Gasteiger partial charge is 0.119 e. The van der Waals surface area contributed by atoms with Crippen LogP contribution in [-0.4, -0.2) is 6.61 Å². The van der Waals surface area contributed by atoms with Crippen LogP contribution in [0.4, 0.5) is 0 Å². The van der Waals surface area contributed by atoms with E-state index in [-0.39, 0.29) is 5.41 Å². The van der Waals surface area contributed by atoms with Crippen molar-refractivity contribution in [2.75, 3.05) is 6.61 Å². The Morgan fingerprint density at radius 2 is 2.12 bits per heavy atom. The van der Waals surface area contributed by atoms with Crippen molar-refractivity contribution >= 4 is 0 Å². The van der Waals surface area contributed by atoms with E-state index in [9.17, 15) is 0 Å². The predicted octanol–water partition coefficient (Wildman–Crippen LogP) is 3.57. The molecule has 0 fully saturated rings. The quantitative estimate of drug-likeness (QED) is 0.755. The van der Waals surface area contributed by atoms with Crippen LogP contribution >= 0.6 is 0 Å². The largest absolute Gasteiger partial charge is 0.494 e. The van der Waals surface area contributed by atoms with Crippen LogP contribution in [0.2, 0.25) is 0 Å². The fraction of sp³-hybridized carbons (Fsp3) is 0.500. The lowest BCUT2D eigenvalue weighted by Crippen LogP contribution is -2.13. The summed E-state index contributed by atoms with van der Waals surface area (Å²) in [5, 5.41) is 8.87. The van der Waals surface area contributed by atoms with Gasteiger partial charge in [-0.1, -0.05) is 19.1 Å². The lowest BCUT2D eigenvalue weighted by Gasteiger charge is -2.15. The van der Waals surface area contributed by atoms with Gasteiger partial charge in [-0.3, -0.25) is 0 Å². The highest BCUT2D eigenvalue weighted by Gasteiger charge is 2.16. The molecule has 2 heteroatoms. The van der Waals surface area contributed by atoms with Gasteiger partial charge in [-0.15, -0.1) is 0 Å². The first kappa shape index (κ1) is 12.6. The number of ether oxygens (including phenoxy) is 1. The molecular weight excluding hydrogens is 198 g/mol. The summed E-state index contributed by atoms with van der Waals surface area (Å²) < 4.78 is 5.64. The minimum Gasteiger partial charge on any atom is -0.494 e. The zero-order valence-corrected chi connectivity index (χ0v) is 10.3. The Hall–Kier alpha value is -1.49. The third-order valence-electron chi connectivity index (χ3n) is 2.61. The maximum Gasteiger partial charge on any atom is 0.119 e. The third kappa shape index (κ3) is 3.94. The Morgan fingerprint density at radius 1 is 1.38 bits per heavy atom. The summed E-state index contributed by atoms with van der Waals surface area (Å²) in [7, 11) is 0. The first-order valence-electron chi connectivity index (χ1n) is 5.70. The number of hydrogen-bond acceptors (Lipinski definition) is 2. The second kappa shape index (κ2) is 5.55. The fourth-order valence-corrected chi connectivity index (χ4v) is 1.34. The molecule has 0 aliphatic heterocycles. The zero-order chi connectivity index (χ0) is 12.0. The lowest BCUT2D eigenvalue weighted by atomic mass is 9.92. The summed E-state index contributed by atoms with van der Waals surface area (Å²) in [5.74, 6) is 0.896. The molecule has 0 aliphatic carbocycles. The molecule has 1 rings (SSSR count). The van der Waals surface area contributed by atoms with Crippen LogP contribution in [-0.2, 0) is 6.42 Å². The maximum absolute atomic E-state index is 8.87. The average molecular weight is 217 g/mol. The molecule has 0 aliphatic rings. The van der Waals surface area contributed by atoms with Crippen molar-refractivity contribution in [3.8, 4) is 11.8 Å². The van der Waals surface area contributed by atoms with Crippen LogP contribution in [0.25, 0.3) is 0 Å². The molecule has 0 radical (unpaired) electrons. The van der Waals surface area contributed by atoms with E-state index in [1.165, 1.54) is 5.56 Å². The molecular formula is C14H19NO. The highest BCUT2D eigenvalue weighted by atomic mass is 16.5. The molecule has 0 aromatic heterocycles. The number of aryl methyl sites for hydroxylation is 1. The summed E-state index contributed by atoms with van der Waals surface area (Å²) in [5.41, 5.74) is 0.972. The van der Waals surface area contributed by atoms with Crippen LogP contribution in [0.15, 0.2) is 24.3 Å². The van der Waals surface area contributed by atoms with Gasteiger partial charge in [0.1, 0.15) is 5.75 Å².